The third-order valence-corrected chi connectivity index (χ3v) is 3.66. The van der Waals surface area contributed by atoms with E-state index in [1.165, 1.54) is 18.0 Å². The molecule has 1 fully saturated rings. The Bertz CT molecular complexity index is 597. The van der Waals surface area contributed by atoms with E-state index in [9.17, 15) is 4.79 Å². The van der Waals surface area contributed by atoms with E-state index in [0.29, 0.717) is 18.8 Å². The van der Waals surface area contributed by atoms with E-state index < -0.39 is 0 Å². The quantitative estimate of drug-likeness (QED) is 0.905. The summed E-state index contributed by atoms with van der Waals surface area (Å²) < 4.78 is 0. The highest BCUT2D eigenvalue weighted by molar-refractivity contribution is 5.92. The van der Waals surface area contributed by atoms with Gasteiger partial charge < -0.3 is 10.6 Å². The van der Waals surface area contributed by atoms with Crippen LogP contribution in [0.1, 0.15) is 22.0 Å². The molecule has 0 bridgehead atoms. The van der Waals surface area contributed by atoms with Crippen molar-refractivity contribution in [1.29, 1.82) is 0 Å². The molecule has 1 aliphatic rings. The molecule has 3 rings (SSSR count). The SMILES string of the molecule is Cl.Cl.N[C@@H]1CN(C(=O)c2cnccn2)C[C@H]1c1ccccc1. The van der Waals surface area contributed by atoms with Gasteiger partial charge in [-0.25, -0.2) is 4.98 Å². The van der Waals surface area contributed by atoms with E-state index >= 15 is 0 Å². The summed E-state index contributed by atoms with van der Waals surface area (Å²) >= 11 is 0. The Labute approximate surface area is 141 Å². The molecule has 2 heterocycles. The minimum Gasteiger partial charge on any atom is -0.335 e. The number of hydrogen-bond donors (Lipinski definition) is 1. The van der Waals surface area contributed by atoms with Crippen molar-refractivity contribution in [3.05, 3.63) is 60.2 Å². The molecule has 0 radical (unpaired) electrons. The van der Waals surface area contributed by atoms with Crippen LogP contribution in [0.3, 0.4) is 0 Å². The molecule has 0 unspecified atom stereocenters. The number of benzene rings is 1. The van der Waals surface area contributed by atoms with E-state index in [1.54, 1.807) is 11.1 Å². The van der Waals surface area contributed by atoms with Crippen LogP contribution in [0.4, 0.5) is 0 Å². The summed E-state index contributed by atoms with van der Waals surface area (Å²) in [5.41, 5.74) is 7.73. The molecule has 1 saturated heterocycles. The van der Waals surface area contributed by atoms with Crippen molar-refractivity contribution in [1.82, 2.24) is 14.9 Å². The van der Waals surface area contributed by atoms with Gasteiger partial charge in [-0.2, -0.15) is 0 Å². The fraction of sp³-hybridized carbons (Fsp3) is 0.267. The molecule has 0 saturated carbocycles. The van der Waals surface area contributed by atoms with Crippen molar-refractivity contribution >= 4 is 30.7 Å². The van der Waals surface area contributed by atoms with Crippen molar-refractivity contribution in [3.63, 3.8) is 0 Å². The van der Waals surface area contributed by atoms with Crippen LogP contribution in [-0.4, -0.2) is 39.9 Å². The first-order valence-electron chi connectivity index (χ1n) is 6.61. The van der Waals surface area contributed by atoms with Crippen molar-refractivity contribution in [2.24, 2.45) is 5.73 Å². The average Bonchev–Trinajstić information content (AvgIpc) is 2.90. The third-order valence-electron chi connectivity index (χ3n) is 3.66. The minimum atomic E-state index is -0.105. The number of amides is 1. The van der Waals surface area contributed by atoms with Gasteiger partial charge in [0.05, 0.1) is 6.20 Å². The standard InChI is InChI=1S/C15H16N4O.2ClH/c16-13-10-19(15(20)14-8-17-6-7-18-14)9-12(13)11-4-2-1-3-5-11;;/h1-8,12-13H,9-10,16H2;2*1H/t12-,13+;;/m0../s1. The lowest BCUT2D eigenvalue weighted by atomic mass is 9.95. The van der Waals surface area contributed by atoms with E-state index in [1.807, 2.05) is 18.2 Å². The number of carbonyl (C=O) groups is 1. The molecule has 1 amide bonds. The number of halogens is 2. The summed E-state index contributed by atoms with van der Waals surface area (Å²) in [6.45, 7) is 1.18. The summed E-state index contributed by atoms with van der Waals surface area (Å²) in [7, 11) is 0. The van der Waals surface area contributed by atoms with Crippen molar-refractivity contribution in [2.45, 2.75) is 12.0 Å². The topological polar surface area (TPSA) is 72.1 Å². The minimum absolute atomic E-state index is 0. The van der Waals surface area contributed by atoms with Gasteiger partial charge in [0.15, 0.2) is 0 Å². The second kappa shape index (κ2) is 8.08. The lowest BCUT2D eigenvalue weighted by molar-refractivity contribution is 0.0783. The Balaban J connectivity index is 0.00000121. The van der Waals surface area contributed by atoms with Gasteiger partial charge in [-0.3, -0.25) is 9.78 Å². The normalized spacial score (nSPS) is 20.0. The molecule has 1 aromatic carbocycles. The Hall–Kier alpha value is -1.69. The molecule has 2 atom stereocenters. The van der Waals surface area contributed by atoms with Gasteiger partial charge in [0.1, 0.15) is 5.69 Å². The van der Waals surface area contributed by atoms with E-state index in [4.69, 9.17) is 5.73 Å². The lowest BCUT2D eigenvalue weighted by Crippen LogP contribution is -2.32. The lowest BCUT2D eigenvalue weighted by Gasteiger charge is -2.15. The Kier molecular flexibility index (Phi) is 6.74. The first-order valence-corrected chi connectivity index (χ1v) is 6.61. The Morgan fingerprint density at radius 2 is 1.86 bits per heavy atom. The zero-order chi connectivity index (χ0) is 13.9. The van der Waals surface area contributed by atoms with Crippen LogP contribution in [0.15, 0.2) is 48.9 Å². The molecule has 1 aliphatic heterocycles. The molecule has 2 N–H and O–H groups in total. The van der Waals surface area contributed by atoms with Crippen LogP contribution in [0.25, 0.3) is 0 Å². The van der Waals surface area contributed by atoms with E-state index in [2.05, 4.69) is 22.1 Å². The van der Waals surface area contributed by atoms with E-state index in [-0.39, 0.29) is 42.7 Å². The van der Waals surface area contributed by atoms with E-state index in [0.717, 1.165) is 0 Å². The maximum atomic E-state index is 12.3. The first-order chi connectivity index (χ1) is 9.75. The van der Waals surface area contributed by atoms with Gasteiger partial charge in [-0.15, -0.1) is 24.8 Å². The predicted molar refractivity (Wildman–Crippen MR) is 89.6 cm³/mol. The number of hydrogen-bond acceptors (Lipinski definition) is 4. The molecule has 0 aliphatic carbocycles. The number of nitrogens with two attached hydrogens (primary N) is 1. The summed E-state index contributed by atoms with van der Waals surface area (Å²) in [5.74, 6) is 0.0730. The van der Waals surface area contributed by atoms with Crippen molar-refractivity contribution in [3.8, 4) is 0 Å². The second-order valence-corrected chi connectivity index (χ2v) is 4.98. The number of nitrogens with zero attached hydrogens (tertiary/aromatic N) is 3. The van der Waals surface area contributed by atoms with Gasteiger partial charge in [-0.1, -0.05) is 30.3 Å². The Morgan fingerprint density at radius 1 is 1.14 bits per heavy atom. The Morgan fingerprint density at radius 3 is 2.50 bits per heavy atom. The summed E-state index contributed by atoms with van der Waals surface area (Å²) in [4.78, 5) is 22.1. The maximum absolute atomic E-state index is 12.3. The largest absolute Gasteiger partial charge is 0.335 e. The number of rotatable bonds is 2. The number of aromatic nitrogens is 2. The summed E-state index contributed by atoms with van der Waals surface area (Å²) in [6.07, 6.45) is 4.57. The number of carbonyl (C=O) groups excluding carboxylic acids is 1. The third kappa shape index (κ3) is 3.74. The molecule has 0 spiro atoms. The fourth-order valence-corrected chi connectivity index (χ4v) is 2.62. The highest BCUT2D eigenvalue weighted by Gasteiger charge is 2.34. The maximum Gasteiger partial charge on any atom is 0.274 e. The van der Waals surface area contributed by atoms with Crippen LogP contribution < -0.4 is 5.73 Å². The molecule has 7 heteroatoms. The van der Waals surface area contributed by atoms with Crippen LogP contribution >= 0.6 is 24.8 Å². The van der Waals surface area contributed by atoms with Crippen LogP contribution in [0, 0.1) is 0 Å². The fourth-order valence-electron chi connectivity index (χ4n) is 2.62. The van der Waals surface area contributed by atoms with Gasteiger partial charge in [0, 0.05) is 37.4 Å². The molecule has 2 aromatic rings. The molecular formula is C15H18Cl2N4O. The van der Waals surface area contributed by atoms with Crippen LogP contribution in [-0.2, 0) is 0 Å². The zero-order valence-electron chi connectivity index (χ0n) is 11.8. The monoisotopic (exact) mass is 340 g/mol. The van der Waals surface area contributed by atoms with Gasteiger partial charge in [-0.05, 0) is 5.56 Å². The molecule has 118 valence electrons. The van der Waals surface area contributed by atoms with Gasteiger partial charge >= 0.3 is 0 Å². The van der Waals surface area contributed by atoms with Crippen LogP contribution in [0.2, 0.25) is 0 Å². The van der Waals surface area contributed by atoms with Crippen LogP contribution in [0.5, 0.6) is 0 Å². The summed E-state index contributed by atoms with van der Waals surface area (Å²) in [6, 6.07) is 10.0. The van der Waals surface area contributed by atoms with Crippen molar-refractivity contribution in [2.75, 3.05) is 13.1 Å². The van der Waals surface area contributed by atoms with Crippen molar-refractivity contribution < 1.29 is 4.79 Å². The highest BCUT2D eigenvalue weighted by Crippen LogP contribution is 2.26. The van der Waals surface area contributed by atoms with Gasteiger partial charge in [0.25, 0.3) is 5.91 Å². The smallest absolute Gasteiger partial charge is 0.274 e. The summed E-state index contributed by atoms with van der Waals surface area (Å²) in [5, 5.41) is 0. The predicted octanol–water partition coefficient (Wildman–Crippen LogP) is 1.89. The molecule has 22 heavy (non-hydrogen) atoms. The zero-order valence-corrected chi connectivity index (χ0v) is 13.5. The molecule has 1 aromatic heterocycles. The molecule has 5 nitrogen and oxygen atoms in total. The molecular weight excluding hydrogens is 323 g/mol. The second-order valence-electron chi connectivity index (χ2n) is 4.98. The number of likely N-dealkylation sites (tertiary alicyclic amines) is 1. The van der Waals surface area contributed by atoms with Gasteiger partial charge in [0.2, 0.25) is 0 Å². The first kappa shape index (κ1) is 18.4. The highest BCUT2D eigenvalue weighted by atomic mass is 35.5. The average molecular weight is 341 g/mol.